The van der Waals surface area contributed by atoms with Crippen molar-refractivity contribution in [1.82, 2.24) is 5.32 Å². The molecule has 0 saturated carbocycles. The molecule has 1 N–H and O–H groups in total. The van der Waals surface area contributed by atoms with Gasteiger partial charge in [-0.15, -0.1) is 0 Å². The number of carbonyl (C=O) groups is 2. The number of Topliss-reactive ketones (excluding diaryl/α,β-unsaturated/α-hetero) is 1. The van der Waals surface area contributed by atoms with Gasteiger partial charge in [0.15, 0.2) is 5.78 Å². The molecule has 1 amide bonds. The molecule has 0 aromatic heterocycles. The van der Waals surface area contributed by atoms with E-state index in [4.69, 9.17) is 0 Å². The van der Waals surface area contributed by atoms with E-state index < -0.39 is 0 Å². The monoisotopic (exact) mass is 269 g/mol. The normalized spacial score (nSPS) is 14.3. The molecule has 104 valence electrons. The number of fused-ring (bicyclic) bond motifs is 1. The van der Waals surface area contributed by atoms with Crippen LogP contribution in [0, 0.1) is 0 Å². The molecule has 3 heteroatoms. The predicted molar refractivity (Wildman–Crippen MR) is 80.4 cm³/mol. The van der Waals surface area contributed by atoms with Gasteiger partial charge in [0, 0.05) is 24.1 Å². The van der Waals surface area contributed by atoms with Crippen LogP contribution < -0.4 is 5.32 Å². The summed E-state index contributed by atoms with van der Waals surface area (Å²) in [4.78, 5) is 24.1. The first-order valence-corrected chi connectivity index (χ1v) is 6.86. The van der Waals surface area contributed by atoms with Crippen molar-refractivity contribution in [2.45, 2.75) is 26.7 Å². The van der Waals surface area contributed by atoms with Gasteiger partial charge in [0.25, 0.3) is 0 Å². The fourth-order valence-corrected chi connectivity index (χ4v) is 2.49. The van der Waals surface area contributed by atoms with Crippen LogP contribution in [0.2, 0.25) is 0 Å². The van der Waals surface area contributed by atoms with Crippen LogP contribution >= 0.6 is 0 Å². The molecule has 1 aromatic carbocycles. The number of rotatable bonds is 4. The fourth-order valence-electron chi connectivity index (χ4n) is 2.49. The number of benzene rings is 1. The number of hydrogen-bond acceptors (Lipinski definition) is 2. The lowest BCUT2D eigenvalue weighted by Gasteiger charge is -2.22. The summed E-state index contributed by atoms with van der Waals surface area (Å²) in [5.74, 6) is -0.000121. The van der Waals surface area contributed by atoms with Crippen LogP contribution in [-0.4, -0.2) is 18.2 Å². The zero-order valence-corrected chi connectivity index (χ0v) is 12.0. The number of amides is 1. The van der Waals surface area contributed by atoms with Crippen molar-refractivity contribution in [2.75, 3.05) is 6.54 Å². The van der Waals surface area contributed by atoms with E-state index in [2.05, 4.69) is 11.9 Å². The molecule has 0 saturated heterocycles. The fraction of sp³-hybridized carbons (Fsp3) is 0.294. The lowest BCUT2D eigenvalue weighted by Crippen LogP contribution is -2.23. The van der Waals surface area contributed by atoms with Crippen LogP contribution in [0.1, 0.15) is 42.6 Å². The van der Waals surface area contributed by atoms with Crippen LogP contribution in [0.25, 0.3) is 5.57 Å². The minimum Gasteiger partial charge on any atom is -0.356 e. The van der Waals surface area contributed by atoms with Crippen molar-refractivity contribution in [3.63, 3.8) is 0 Å². The summed E-state index contributed by atoms with van der Waals surface area (Å²) in [5, 5.41) is 2.75. The second-order valence-corrected chi connectivity index (χ2v) is 4.91. The Kier molecular flexibility index (Phi) is 4.18. The van der Waals surface area contributed by atoms with E-state index in [1.165, 1.54) is 0 Å². The molecule has 0 atom stereocenters. The Morgan fingerprint density at radius 2 is 1.90 bits per heavy atom. The Bertz CT molecular complexity index is 611. The SMILES string of the molecule is C=C1C(C)=C(CCC(=O)NCC)C(=O)c2ccccc21. The molecule has 1 aromatic rings. The molecule has 1 aliphatic rings. The quantitative estimate of drug-likeness (QED) is 0.912. The van der Waals surface area contributed by atoms with Gasteiger partial charge < -0.3 is 5.32 Å². The van der Waals surface area contributed by atoms with E-state index in [-0.39, 0.29) is 11.7 Å². The number of ketones is 1. The third kappa shape index (κ3) is 2.57. The Labute approximate surface area is 119 Å². The lowest BCUT2D eigenvalue weighted by atomic mass is 9.81. The average Bonchev–Trinajstić information content (AvgIpc) is 2.45. The standard InChI is InChI=1S/C17H19NO2/c1-4-18-16(19)10-9-14-12(3)11(2)13-7-5-6-8-15(13)17(14)20/h5-8H,2,4,9-10H2,1,3H3,(H,18,19). The molecule has 0 fully saturated rings. The number of hydrogen-bond donors (Lipinski definition) is 1. The van der Waals surface area contributed by atoms with E-state index in [9.17, 15) is 9.59 Å². The van der Waals surface area contributed by atoms with E-state index in [1.807, 2.05) is 38.1 Å². The number of nitrogens with one attached hydrogen (secondary N) is 1. The lowest BCUT2D eigenvalue weighted by molar-refractivity contribution is -0.120. The maximum Gasteiger partial charge on any atom is 0.220 e. The van der Waals surface area contributed by atoms with E-state index >= 15 is 0 Å². The first-order valence-electron chi connectivity index (χ1n) is 6.86. The second kappa shape index (κ2) is 5.87. The third-order valence-electron chi connectivity index (χ3n) is 3.65. The van der Waals surface area contributed by atoms with Gasteiger partial charge in [-0.1, -0.05) is 30.8 Å². The summed E-state index contributed by atoms with van der Waals surface area (Å²) >= 11 is 0. The zero-order chi connectivity index (χ0) is 14.7. The van der Waals surface area contributed by atoms with Crippen molar-refractivity contribution >= 4 is 17.3 Å². The molecule has 0 radical (unpaired) electrons. The Hall–Kier alpha value is -2.16. The number of carbonyl (C=O) groups excluding carboxylic acids is 2. The van der Waals surface area contributed by atoms with Crippen molar-refractivity contribution in [2.24, 2.45) is 0 Å². The molecular weight excluding hydrogens is 250 g/mol. The molecule has 0 unspecified atom stereocenters. The van der Waals surface area contributed by atoms with Gasteiger partial charge in [0.05, 0.1) is 0 Å². The van der Waals surface area contributed by atoms with Gasteiger partial charge in [-0.3, -0.25) is 9.59 Å². The van der Waals surface area contributed by atoms with Crippen molar-refractivity contribution in [3.05, 3.63) is 53.1 Å². The van der Waals surface area contributed by atoms with Crippen molar-refractivity contribution < 1.29 is 9.59 Å². The summed E-state index contributed by atoms with van der Waals surface area (Å²) in [7, 11) is 0. The Balaban J connectivity index is 2.26. The summed E-state index contributed by atoms with van der Waals surface area (Å²) in [6, 6.07) is 7.50. The van der Waals surface area contributed by atoms with E-state index in [1.54, 1.807) is 0 Å². The number of allylic oxidation sites excluding steroid dienone is 3. The highest BCUT2D eigenvalue weighted by Gasteiger charge is 2.25. The smallest absolute Gasteiger partial charge is 0.220 e. The van der Waals surface area contributed by atoms with Gasteiger partial charge in [-0.2, -0.15) is 0 Å². The molecule has 0 spiro atoms. The molecule has 0 bridgehead atoms. The summed E-state index contributed by atoms with van der Waals surface area (Å²) in [6.07, 6.45) is 0.797. The van der Waals surface area contributed by atoms with Crippen LogP contribution in [0.15, 0.2) is 42.0 Å². The Morgan fingerprint density at radius 1 is 1.25 bits per heavy atom. The minimum absolute atomic E-state index is 0.0230. The minimum atomic E-state index is -0.0231. The molecule has 0 aliphatic heterocycles. The van der Waals surface area contributed by atoms with Gasteiger partial charge in [0.2, 0.25) is 5.91 Å². The molecule has 1 aliphatic carbocycles. The van der Waals surface area contributed by atoms with Gasteiger partial charge in [-0.25, -0.2) is 0 Å². The first kappa shape index (κ1) is 14.3. The van der Waals surface area contributed by atoms with Crippen molar-refractivity contribution in [1.29, 1.82) is 0 Å². The van der Waals surface area contributed by atoms with Crippen LogP contribution in [0.3, 0.4) is 0 Å². The van der Waals surface area contributed by atoms with Gasteiger partial charge in [0.1, 0.15) is 0 Å². The van der Waals surface area contributed by atoms with Crippen LogP contribution in [0.5, 0.6) is 0 Å². The van der Waals surface area contributed by atoms with Crippen LogP contribution in [0.4, 0.5) is 0 Å². The molecular formula is C17H19NO2. The first-order chi connectivity index (χ1) is 9.56. The maximum absolute atomic E-state index is 12.5. The molecule has 2 rings (SSSR count). The Morgan fingerprint density at radius 3 is 2.55 bits per heavy atom. The summed E-state index contributed by atoms with van der Waals surface area (Å²) in [6.45, 7) is 8.47. The van der Waals surface area contributed by atoms with E-state index in [0.29, 0.717) is 30.5 Å². The molecule has 0 heterocycles. The zero-order valence-electron chi connectivity index (χ0n) is 12.0. The largest absolute Gasteiger partial charge is 0.356 e. The third-order valence-corrected chi connectivity index (χ3v) is 3.65. The van der Waals surface area contributed by atoms with Crippen LogP contribution in [-0.2, 0) is 4.79 Å². The van der Waals surface area contributed by atoms with E-state index in [0.717, 1.165) is 16.7 Å². The van der Waals surface area contributed by atoms with Gasteiger partial charge >= 0.3 is 0 Å². The van der Waals surface area contributed by atoms with Crippen molar-refractivity contribution in [3.8, 4) is 0 Å². The molecule has 3 nitrogen and oxygen atoms in total. The predicted octanol–water partition coefficient (Wildman–Crippen LogP) is 3.13. The summed E-state index contributed by atoms with van der Waals surface area (Å²) < 4.78 is 0. The highest BCUT2D eigenvalue weighted by atomic mass is 16.1. The average molecular weight is 269 g/mol. The maximum atomic E-state index is 12.5. The topological polar surface area (TPSA) is 46.2 Å². The highest BCUT2D eigenvalue weighted by Crippen LogP contribution is 2.35. The highest BCUT2D eigenvalue weighted by molar-refractivity contribution is 6.17. The molecule has 20 heavy (non-hydrogen) atoms. The summed E-state index contributed by atoms with van der Waals surface area (Å²) in [5.41, 5.74) is 4.08. The second-order valence-electron chi connectivity index (χ2n) is 4.91. The van der Waals surface area contributed by atoms with Gasteiger partial charge in [-0.05, 0) is 37.0 Å².